The molecule has 1 aliphatic carbocycles. The van der Waals surface area contributed by atoms with Crippen molar-refractivity contribution in [3.8, 4) is 5.75 Å². The number of halogens is 1. The summed E-state index contributed by atoms with van der Waals surface area (Å²) in [5.41, 5.74) is 6.74. The smallest absolute Gasteiger partial charge is 0.165 e. The van der Waals surface area contributed by atoms with Gasteiger partial charge in [0.25, 0.3) is 0 Å². The van der Waals surface area contributed by atoms with E-state index in [1.165, 1.54) is 38.2 Å². The molecule has 0 heterocycles. The van der Waals surface area contributed by atoms with Crippen molar-refractivity contribution in [3.63, 3.8) is 0 Å². The summed E-state index contributed by atoms with van der Waals surface area (Å²) < 4.78 is 19.5. The quantitative estimate of drug-likeness (QED) is 0.856. The van der Waals surface area contributed by atoms with Crippen LogP contribution in [-0.2, 0) is 6.42 Å². The molecule has 2 N–H and O–H groups in total. The normalized spacial score (nSPS) is 17.9. The zero-order chi connectivity index (χ0) is 14.4. The molecule has 0 aliphatic heterocycles. The number of benzene rings is 1. The van der Waals surface area contributed by atoms with E-state index >= 15 is 0 Å². The van der Waals surface area contributed by atoms with E-state index in [0.29, 0.717) is 30.7 Å². The van der Waals surface area contributed by atoms with Crippen LogP contribution < -0.4 is 10.5 Å². The summed E-state index contributed by atoms with van der Waals surface area (Å²) in [7, 11) is 0. The summed E-state index contributed by atoms with van der Waals surface area (Å²) in [6, 6.07) is 5.17. The van der Waals surface area contributed by atoms with Crippen LogP contribution in [0.1, 0.15) is 44.6 Å². The Morgan fingerprint density at radius 1 is 1.30 bits per heavy atom. The first-order valence-electron chi connectivity index (χ1n) is 7.80. The first-order chi connectivity index (χ1) is 9.69. The third kappa shape index (κ3) is 4.48. The summed E-state index contributed by atoms with van der Waals surface area (Å²) in [4.78, 5) is 0. The maximum atomic E-state index is 13.8. The Balaban J connectivity index is 1.93. The van der Waals surface area contributed by atoms with E-state index in [1.54, 1.807) is 0 Å². The highest BCUT2D eigenvalue weighted by Gasteiger charge is 2.15. The molecule has 112 valence electrons. The van der Waals surface area contributed by atoms with Gasteiger partial charge >= 0.3 is 0 Å². The van der Waals surface area contributed by atoms with Crippen molar-refractivity contribution in [1.29, 1.82) is 0 Å². The molecule has 0 spiro atoms. The minimum atomic E-state index is -0.259. The molecule has 2 rings (SSSR count). The van der Waals surface area contributed by atoms with Crippen LogP contribution in [0.15, 0.2) is 18.2 Å². The fraction of sp³-hybridized carbons (Fsp3) is 0.647. The highest BCUT2D eigenvalue weighted by molar-refractivity contribution is 5.30. The molecule has 0 bridgehead atoms. The first kappa shape index (κ1) is 15.3. The van der Waals surface area contributed by atoms with E-state index in [0.717, 1.165) is 12.0 Å². The van der Waals surface area contributed by atoms with Crippen molar-refractivity contribution in [2.75, 3.05) is 13.2 Å². The fourth-order valence-electron chi connectivity index (χ4n) is 2.83. The molecule has 3 heteroatoms. The summed E-state index contributed by atoms with van der Waals surface area (Å²) in [5.74, 6) is 1.14. The van der Waals surface area contributed by atoms with E-state index in [4.69, 9.17) is 10.5 Å². The van der Waals surface area contributed by atoms with Gasteiger partial charge in [0.05, 0.1) is 6.61 Å². The number of hydrogen-bond acceptors (Lipinski definition) is 2. The topological polar surface area (TPSA) is 35.2 Å². The van der Waals surface area contributed by atoms with E-state index in [-0.39, 0.29) is 5.82 Å². The second kappa shape index (κ2) is 7.63. The maximum absolute atomic E-state index is 13.8. The van der Waals surface area contributed by atoms with Gasteiger partial charge in [-0.05, 0) is 55.3 Å². The summed E-state index contributed by atoms with van der Waals surface area (Å²) in [6.45, 7) is 3.40. The van der Waals surface area contributed by atoms with Crippen LogP contribution in [0.5, 0.6) is 5.75 Å². The Morgan fingerprint density at radius 2 is 2.05 bits per heavy atom. The molecule has 0 radical (unpaired) electrons. The second-order valence-corrected chi connectivity index (χ2v) is 6.12. The van der Waals surface area contributed by atoms with Gasteiger partial charge in [0.15, 0.2) is 11.6 Å². The summed E-state index contributed by atoms with van der Waals surface area (Å²) >= 11 is 0. The summed E-state index contributed by atoms with van der Waals surface area (Å²) in [5, 5.41) is 0. The molecule has 1 atom stereocenters. The summed E-state index contributed by atoms with van der Waals surface area (Å²) in [6.07, 6.45) is 7.19. The minimum absolute atomic E-state index is 0.259. The standard InChI is InChI=1S/C17H26FNO/c1-13(11-19)9-15-7-8-16(18)17(10-15)20-12-14-5-3-2-4-6-14/h7-8,10,13-14H,2-6,9,11-12,19H2,1H3. The number of nitrogens with two attached hydrogens (primary N) is 1. The van der Waals surface area contributed by atoms with Crippen molar-refractivity contribution in [3.05, 3.63) is 29.6 Å². The molecule has 20 heavy (non-hydrogen) atoms. The second-order valence-electron chi connectivity index (χ2n) is 6.12. The van der Waals surface area contributed by atoms with Crippen LogP contribution in [0, 0.1) is 17.7 Å². The van der Waals surface area contributed by atoms with E-state index in [1.807, 2.05) is 12.1 Å². The predicted molar refractivity (Wildman–Crippen MR) is 80.4 cm³/mol. The predicted octanol–water partition coefficient (Wildman–Crippen LogP) is 3.92. The lowest BCUT2D eigenvalue weighted by Gasteiger charge is -2.22. The lowest BCUT2D eigenvalue weighted by atomic mass is 9.90. The van der Waals surface area contributed by atoms with Crippen LogP contribution in [0.4, 0.5) is 4.39 Å². The van der Waals surface area contributed by atoms with Gasteiger partial charge in [0.2, 0.25) is 0 Å². The maximum Gasteiger partial charge on any atom is 0.165 e. The van der Waals surface area contributed by atoms with Crippen molar-refractivity contribution >= 4 is 0 Å². The highest BCUT2D eigenvalue weighted by Crippen LogP contribution is 2.26. The molecule has 0 amide bonds. The Labute approximate surface area is 121 Å². The molecule has 2 nitrogen and oxygen atoms in total. The molecule has 1 unspecified atom stereocenters. The number of rotatable bonds is 6. The van der Waals surface area contributed by atoms with Crippen molar-refractivity contribution in [2.45, 2.75) is 45.4 Å². The minimum Gasteiger partial charge on any atom is -0.490 e. The molecule has 1 fully saturated rings. The van der Waals surface area contributed by atoms with Gasteiger partial charge in [-0.3, -0.25) is 0 Å². The van der Waals surface area contributed by atoms with Crippen LogP contribution in [0.3, 0.4) is 0 Å². The third-order valence-electron chi connectivity index (χ3n) is 4.18. The molecule has 1 aromatic carbocycles. The van der Waals surface area contributed by atoms with Crippen molar-refractivity contribution < 1.29 is 9.13 Å². The molecular formula is C17H26FNO. The highest BCUT2D eigenvalue weighted by atomic mass is 19.1. The lowest BCUT2D eigenvalue weighted by Crippen LogP contribution is -2.16. The lowest BCUT2D eigenvalue weighted by molar-refractivity contribution is 0.202. The first-order valence-corrected chi connectivity index (χ1v) is 7.80. The fourth-order valence-corrected chi connectivity index (χ4v) is 2.83. The van der Waals surface area contributed by atoms with Crippen molar-refractivity contribution in [1.82, 2.24) is 0 Å². The largest absolute Gasteiger partial charge is 0.490 e. The van der Waals surface area contributed by atoms with Crippen LogP contribution in [0.2, 0.25) is 0 Å². The van der Waals surface area contributed by atoms with Gasteiger partial charge in [-0.25, -0.2) is 4.39 Å². The molecule has 1 aliphatic rings. The monoisotopic (exact) mass is 279 g/mol. The van der Waals surface area contributed by atoms with Crippen molar-refractivity contribution in [2.24, 2.45) is 17.6 Å². The zero-order valence-electron chi connectivity index (χ0n) is 12.4. The van der Waals surface area contributed by atoms with Crippen LogP contribution in [-0.4, -0.2) is 13.2 Å². The number of ether oxygens (including phenoxy) is 1. The Kier molecular flexibility index (Phi) is 5.84. The van der Waals surface area contributed by atoms with Crippen LogP contribution in [0.25, 0.3) is 0 Å². The molecule has 0 saturated heterocycles. The third-order valence-corrected chi connectivity index (χ3v) is 4.18. The number of hydrogen-bond donors (Lipinski definition) is 1. The molecule has 0 aromatic heterocycles. The Hall–Kier alpha value is -1.09. The van der Waals surface area contributed by atoms with Gasteiger partial charge in [-0.15, -0.1) is 0 Å². The average molecular weight is 279 g/mol. The van der Waals surface area contributed by atoms with E-state index in [9.17, 15) is 4.39 Å². The molecule has 1 saturated carbocycles. The van der Waals surface area contributed by atoms with Crippen LogP contribution >= 0.6 is 0 Å². The van der Waals surface area contributed by atoms with Gasteiger partial charge in [0.1, 0.15) is 0 Å². The molecule has 1 aromatic rings. The zero-order valence-corrected chi connectivity index (χ0v) is 12.4. The van der Waals surface area contributed by atoms with Gasteiger partial charge in [-0.1, -0.05) is 32.3 Å². The average Bonchev–Trinajstić information content (AvgIpc) is 2.48. The van der Waals surface area contributed by atoms with E-state index < -0.39 is 0 Å². The van der Waals surface area contributed by atoms with Gasteiger partial charge < -0.3 is 10.5 Å². The van der Waals surface area contributed by atoms with Gasteiger partial charge in [-0.2, -0.15) is 0 Å². The SMILES string of the molecule is CC(CN)Cc1ccc(F)c(OCC2CCCCC2)c1. The Bertz CT molecular complexity index is 415. The molecular weight excluding hydrogens is 253 g/mol. The van der Waals surface area contributed by atoms with E-state index in [2.05, 4.69) is 6.92 Å². The Morgan fingerprint density at radius 3 is 2.75 bits per heavy atom. The van der Waals surface area contributed by atoms with Gasteiger partial charge in [0, 0.05) is 0 Å².